The Morgan fingerprint density at radius 3 is 2.57 bits per heavy atom. The molecule has 0 radical (unpaired) electrons. The summed E-state index contributed by atoms with van der Waals surface area (Å²) in [5.41, 5.74) is 8.24. The lowest BCUT2D eigenvalue weighted by Crippen LogP contribution is -2.38. The van der Waals surface area contributed by atoms with Crippen molar-refractivity contribution in [2.45, 2.75) is 54.8 Å². The molecule has 2 aliphatic rings. The molecule has 1 saturated heterocycles. The molecule has 1 fully saturated rings. The third-order valence-electron chi connectivity index (χ3n) is 10.5. The van der Waals surface area contributed by atoms with Crippen molar-refractivity contribution in [2.75, 3.05) is 39.5 Å². The van der Waals surface area contributed by atoms with Gasteiger partial charge in [0.15, 0.2) is 6.29 Å². The first-order valence-corrected chi connectivity index (χ1v) is 20.7. The molecule has 3 aromatic carbocycles. The van der Waals surface area contributed by atoms with E-state index >= 15 is 0 Å². The van der Waals surface area contributed by atoms with Gasteiger partial charge in [-0.15, -0.1) is 23.5 Å². The Morgan fingerprint density at radius 2 is 1.74 bits per heavy atom. The summed E-state index contributed by atoms with van der Waals surface area (Å²) >= 11 is 10.7. The van der Waals surface area contributed by atoms with Crippen LogP contribution in [0.15, 0.2) is 59.5 Å². The number of ether oxygens (including phenoxy) is 2. The highest BCUT2D eigenvalue weighted by molar-refractivity contribution is 7.98. The highest BCUT2D eigenvalue weighted by Gasteiger charge is 2.27. The normalized spacial score (nSPS) is 16.3. The van der Waals surface area contributed by atoms with E-state index in [1.165, 1.54) is 5.69 Å². The number of aromatic nitrogens is 5. The van der Waals surface area contributed by atoms with Crippen molar-refractivity contribution in [3.63, 3.8) is 0 Å². The fourth-order valence-electron chi connectivity index (χ4n) is 7.80. The molecule has 0 spiro atoms. The van der Waals surface area contributed by atoms with Gasteiger partial charge in [0.05, 0.1) is 54.0 Å². The molecule has 0 saturated carbocycles. The summed E-state index contributed by atoms with van der Waals surface area (Å²) in [4.78, 5) is 3.60. The second-order valence-corrected chi connectivity index (χ2v) is 16.3. The third kappa shape index (κ3) is 7.35. The van der Waals surface area contributed by atoms with Gasteiger partial charge in [0.1, 0.15) is 5.75 Å². The van der Waals surface area contributed by atoms with Crippen LogP contribution >= 0.6 is 35.1 Å². The summed E-state index contributed by atoms with van der Waals surface area (Å²) in [6.45, 7) is 7.74. The van der Waals surface area contributed by atoms with E-state index in [1.54, 1.807) is 23.5 Å². The van der Waals surface area contributed by atoms with E-state index in [-0.39, 0.29) is 0 Å². The molecule has 10 nitrogen and oxygen atoms in total. The number of rotatable bonds is 4. The molecule has 2 N–H and O–H groups in total. The van der Waals surface area contributed by atoms with Gasteiger partial charge in [-0.3, -0.25) is 14.3 Å². The molecule has 13 heteroatoms. The smallest absolute Gasteiger partial charge is 0.194 e. The molecule has 8 rings (SSSR count). The maximum Gasteiger partial charge on any atom is 0.194 e. The molecule has 0 aliphatic carbocycles. The molecule has 0 amide bonds. The number of fused-ring (bicyclic) bond motifs is 8. The van der Waals surface area contributed by atoms with Gasteiger partial charge < -0.3 is 24.3 Å². The molecule has 3 aromatic heterocycles. The predicted molar refractivity (Wildman–Crippen MR) is 214 cm³/mol. The number of thioether (sulfide) groups is 2. The number of aliphatic hydroxyl groups excluding tert-OH is 1. The first kappa shape index (κ1) is 36.5. The van der Waals surface area contributed by atoms with Crippen LogP contribution in [0.3, 0.4) is 0 Å². The fourth-order valence-corrected chi connectivity index (χ4v) is 9.84. The first-order valence-electron chi connectivity index (χ1n) is 18.2. The van der Waals surface area contributed by atoms with Crippen molar-refractivity contribution in [3.05, 3.63) is 93.7 Å². The summed E-state index contributed by atoms with van der Waals surface area (Å²) in [5, 5.41) is 35.3. The van der Waals surface area contributed by atoms with E-state index in [0.29, 0.717) is 35.9 Å². The lowest BCUT2D eigenvalue weighted by molar-refractivity contribution is -0.0481. The standard InChI is InChI=1S/C40H45ClN6O4S2/c1-25-36-34(43-45(25)3)24-52-22-27-20-28(47(42-27)13-12-46-14-17-50-18-15-46)23-53-29-19-26-7-4-5-8-30(26)35(21-29)51-16-6-9-31-32-10-11-33(41)37(36)38(32)44(2)39(31)40(48)49/h4-5,7-8,10-11,19-21,40,48-49H,6,9,12-18,22-24H2,1-3H3. The molecule has 2 aliphatic heterocycles. The minimum Gasteiger partial charge on any atom is -0.493 e. The minimum atomic E-state index is -1.65. The number of hydrogen-bond acceptors (Lipinski definition) is 9. The van der Waals surface area contributed by atoms with E-state index in [0.717, 1.165) is 117 Å². The molecule has 8 bridgehead atoms. The van der Waals surface area contributed by atoms with Crippen molar-refractivity contribution in [3.8, 4) is 16.9 Å². The van der Waals surface area contributed by atoms with E-state index in [4.69, 9.17) is 31.3 Å². The van der Waals surface area contributed by atoms with Gasteiger partial charge in [0.25, 0.3) is 0 Å². The van der Waals surface area contributed by atoms with Gasteiger partial charge in [0.2, 0.25) is 0 Å². The largest absolute Gasteiger partial charge is 0.493 e. The zero-order valence-electron chi connectivity index (χ0n) is 30.3. The Morgan fingerprint density at radius 1 is 0.906 bits per heavy atom. The van der Waals surface area contributed by atoms with Gasteiger partial charge in [0, 0.05) is 89.2 Å². The second-order valence-electron chi connectivity index (χ2n) is 13.8. The van der Waals surface area contributed by atoms with Crippen molar-refractivity contribution >= 4 is 56.8 Å². The lowest BCUT2D eigenvalue weighted by atomic mass is 9.98. The quantitative estimate of drug-likeness (QED) is 0.180. The van der Waals surface area contributed by atoms with Crippen LogP contribution in [0.25, 0.3) is 32.8 Å². The topological polar surface area (TPSA) is 103 Å². The lowest BCUT2D eigenvalue weighted by Gasteiger charge is -2.26. The van der Waals surface area contributed by atoms with E-state index in [1.807, 2.05) is 41.5 Å². The predicted octanol–water partition coefficient (Wildman–Crippen LogP) is 7.26. The summed E-state index contributed by atoms with van der Waals surface area (Å²) in [6, 6.07) is 18.9. The molecular weight excluding hydrogens is 728 g/mol. The van der Waals surface area contributed by atoms with Crippen LogP contribution in [0.2, 0.25) is 5.02 Å². The van der Waals surface area contributed by atoms with Gasteiger partial charge >= 0.3 is 0 Å². The van der Waals surface area contributed by atoms with Gasteiger partial charge in [-0.05, 0) is 55.0 Å². The van der Waals surface area contributed by atoms with Crippen molar-refractivity contribution < 1.29 is 19.7 Å². The molecule has 278 valence electrons. The summed E-state index contributed by atoms with van der Waals surface area (Å²) < 4.78 is 18.1. The Kier molecular flexibility index (Phi) is 10.8. The SMILES string of the molecule is Cc1c2c(nn1C)CSCc1cc(n(CCN3CCOCC3)n1)CSc1cc(c3ccccc3c1)OCCCc1c(C(O)O)n(C)c3c-2c(Cl)ccc13. The summed E-state index contributed by atoms with van der Waals surface area (Å²) in [6.07, 6.45) is -0.369. The Balaban J connectivity index is 1.20. The number of aliphatic hydroxyl groups is 2. The first-order chi connectivity index (χ1) is 25.8. The maximum absolute atomic E-state index is 10.7. The van der Waals surface area contributed by atoms with Crippen LogP contribution in [-0.2, 0) is 49.1 Å². The number of hydrogen-bond donors (Lipinski definition) is 2. The van der Waals surface area contributed by atoms with E-state index in [9.17, 15) is 10.2 Å². The van der Waals surface area contributed by atoms with Crippen LogP contribution in [0.5, 0.6) is 5.75 Å². The number of nitrogens with zero attached hydrogens (tertiary/aromatic N) is 6. The highest BCUT2D eigenvalue weighted by Crippen LogP contribution is 2.43. The van der Waals surface area contributed by atoms with Crippen LogP contribution in [0.1, 0.15) is 46.7 Å². The Labute approximate surface area is 323 Å². The fraction of sp³-hybridized carbons (Fsp3) is 0.400. The molecule has 6 aromatic rings. The van der Waals surface area contributed by atoms with Gasteiger partial charge in [-0.2, -0.15) is 10.2 Å². The Bertz CT molecular complexity index is 2270. The molecule has 53 heavy (non-hydrogen) atoms. The van der Waals surface area contributed by atoms with Crippen molar-refractivity contribution in [1.29, 1.82) is 0 Å². The third-order valence-corrected chi connectivity index (χ3v) is 12.8. The number of aryl methyl sites for hydroxylation is 3. The number of benzene rings is 3. The van der Waals surface area contributed by atoms with Crippen LogP contribution < -0.4 is 4.74 Å². The van der Waals surface area contributed by atoms with Crippen LogP contribution in [0, 0.1) is 6.92 Å². The maximum atomic E-state index is 10.7. The zero-order valence-corrected chi connectivity index (χ0v) is 32.7. The molecule has 0 atom stereocenters. The molecular formula is C40H45ClN6O4S2. The number of morpholine rings is 1. The van der Waals surface area contributed by atoms with Crippen LogP contribution in [-0.4, -0.2) is 78.7 Å². The average molecular weight is 773 g/mol. The van der Waals surface area contributed by atoms with E-state index in [2.05, 4.69) is 52.9 Å². The Hall–Kier alpha value is -3.49. The van der Waals surface area contributed by atoms with Crippen LogP contribution in [0.4, 0.5) is 0 Å². The monoisotopic (exact) mass is 772 g/mol. The van der Waals surface area contributed by atoms with Gasteiger partial charge in [-0.25, -0.2) is 0 Å². The number of halogens is 1. The zero-order chi connectivity index (χ0) is 36.6. The second kappa shape index (κ2) is 15.7. The van der Waals surface area contributed by atoms with E-state index < -0.39 is 6.29 Å². The summed E-state index contributed by atoms with van der Waals surface area (Å²) in [5.74, 6) is 3.03. The molecule has 0 unspecified atom stereocenters. The summed E-state index contributed by atoms with van der Waals surface area (Å²) in [7, 11) is 3.85. The van der Waals surface area contributed by atoms with Crippen molar-refractivity contribution in [1.82, 2.24) is 29.0 Å². The highest BCUT2D eigenvalue weighted by atomic mass is 35.5. The average Bonchev–Trinajstić information content (AvgIpc) is 3.78. The molecule has 5 heterocycles. The van der Waals surface area contributed by atoms with Crippen molar-refractivity contribution in [2.24, 2.45) is 14.1 Å². The minimum absolute atomic E-state index is 0.465. The van der Waals surface area contributed by atoms with Gasteiger partial charge in [-0.1, -0.05) is 41.9 Å².